The fourth-order valence-corrected chi connectivity index (χ4v) is 1.42. The van der Waals surface area contributed by atoms with Gasteiger partial charge in [-0.15, -0.1) is 0 Å². The number of ether oxygens (including phenoxy) is 1. The number of methoxy groups -OCH3 is 1. The van der Waals surface area contributed by atoms with Gasteiger partial charge in [-0.3, -0.25) is 4.79 Å². The first-order valence-corrected chi connectivity index (χ1v) is 5.30. The molecule has 0 atom stereocenters. The number of nitrogens with one attached hydrogen (secondary N) is 1. The average Bonchev–Trinajstić information content (AvgIpc) is 2.39. The summed E-state index contributed by atoms with van der Waals surface area (Å²) in [5.74, 6) is -1.83. The zero-order chi connectivity index (χ0) is 14.4. The average molecular weight is 260 g/mol. The van der Waals surface area contributed by atoms with E-state index in [1.165, 1.54) is 13.0 Å². The Balaban J connectivity index is 3.36. The summed E-state index contributed by atoms with van der Waals surface area (Å²) in [7, 11) is 1.10. The molecule has 0 aliphatic heterocycles. The van der Waals surface area contributed by atoms with Gasteiger partial charge < -0.3 is 15.2 Å². The Morgan fingerprint density at radius 2 is 2.00 bits per heavy atom. The maximum Gasteiger partial charge on any atom is 0.352 e. The zero-order valence-corrected chi connectivity index (χ0v) is 10.4. The lowest BCUT2D eigenvalue weighted by atomic mass is 10.1. The van der Waals surface area contributed by atoms with E-state index in [4.69, 9.17) is 5.26 Å². The van der Waals surface area contributed by atoms with Gasteiger partial charge in [-0.25, -0.2) is 4.79 Å². The molecular formula is C13H12N2O4. The Hall–Kier alpha value is -2.81. The zero-order valence-electron chi connectivity index (χ0n) is 10.4. The van der Waals surface area contributed by atoms with Crippen molar-refractivity contribution < 1.29 is 19.4 Å². The molecule has 98 valence electrons. The molecule has 6 nitrogen and oxygen atoms in total. The van der Waals surface area contributed by atoms with Gasteiger partial charge in [-0.2, -0.15) is 5.26 Å². The molecule has 1 rings (SSSR count). The molecule has 1 amide bonds. The number of nitriles is 1. The highest BCUT2D eigenvalue weighted by Gasteiger charge is 2.19. The molecule has 0 spiro atoms. The molecule has 2 N–H and O–H groups in total. The highest BCUT2D eigenvalue weighted by atomic mass is 16.5. The summed E-state index contributed by atoms with van der Waals surface area (Å²) in [6.07, 6.45) is 0. The van der Waals surface area contributed by atoms with Crippen LogP contribution in [0, 0.1) is 11.3 Å². The number of benzene rings is 1. The molecule has 0 fully saturated rings. The summed E-state index contributed by atoms with van der Waals surface area (Å²) in [6, 6.07) is 7.83. The van der Waals surface area contributed by atoms with Crippen LogP contribution in [0.15, 0.2) is 29.8 Å². The van der Waals surface area contributed by atoms with E-state index in [-0.39, 0.29) is 11.5 Å². The molecule has 0 saturated carbocycles. The first kappa shape index (κ1) is 14.3. The number of carbonyl (C=O) groups excluding carboxylic acids is 2. The monoisotopic (exact) mass is 260 g/mol. The van der Waals surface area contributed by atoms with Crippen molar-refractivity contribution in [3.8, 4) is 6.07 Å². The Labute approximate surface area is 109 Å². The van der Waals surface area contributed by atoms with Crippen LogP contribution in [0.5, 0.6) is 0 Å². The van der Waals surface area contributed by atoms with Gasteiger partial charge in [0, 0.05) is 12.5 Å². The van der Waals surface area contributed by atoms with Crippen molar-refractivity contribution in [1.82, 2.24) is 0 Å². The second-order valence-electron chi connectivity index (χ2n) is 3.55. The van der Waals surface area contributed by atoms with Crippen LogP contribution in [0.3, 0.4) is 0 Å². The van der Waals surface area contributed by atoms with Crippen molar-refractivity contribution in [3.63, 3.8) is 0 Å². The molecule has 0 aromatic heterocycles. The molecule has 19 heavy (non-hydrogen) atoms. The van der Waals surface area contributed by atoms with Gasteiger partial charge in [-0.1, -0.05) is 12.1 Å². The lowest BCUT2D eigenvalue weighted by Crippen LogP contribution is -2.10. The Kier molecular flexibility index (Phi) is 4.66. The fraction of sp³-hybridized carbons (Fsp3) is 0.154. The van der Waals surface area contributed by atoms with Gasteiger partial charge in [0.1, 0.15) is 11.8 Å². The Morgan fingerprint density at radius 3 is 2.53 bits per heavy atom. The van der Waals surface area contributed by atoms with Gasteiger partial charge >= 0.3 is 5.97 Å². The number of aliphatic hydroxyl groups is 1. The standard InChI is InChI=1S/C13H12N2O4/c1-8(16)15-11-6-4-3-5-9(11)12(17)10(7-14)13(18)19-2/h3-6,17H,1-2H3,(H,15,16)/b12-10+. The maximum absolute atomic E-state index is 11.3. The van der Waals surface area contributed by atoms with Crippen molar-refractivity contribution in [2.24, 2.45) is 0 Å². The first-order chi connectivity index (χ1) is 9.01. The molecule has 0 radical (unpaired) electrons. The van der Waals surface area contributed by atoms with Crippen LogP contribution in [-0.2, 0) is 14.3 Å². The lowest BCUT2D eigenvalue weighted by Gasteiger charge is -2.09. The van der Waals surface area contributed by atoms with E-state index in [0.29, 0.717) is 5.69 Å². The molecule has 0 bridgehead atoms. The normalized spacial score (nSPS) is 11.0. The summed E-state index contributed by atoms with van der Waals surface area (Å²) < 4.78 is 4.40. The molecule has 0 aliphatic rings. The van der Waals surface area contributed by atoms with Gasteiger partial charge in [0.25, 0.3) is 0 Å². The van der Waals surface area contributed by atoms with Gasteiger partial charge in [0.2, 0.25) is 5.91 Å². The number of hydrogen-bond donors (Lipinski definition) is 2. The maximum atomic E-state index is 11.3. The fourth-order valence-electron chi connectivity index (χ4n) is 1.42. The second-order valence-corrected chi connectivity index (χ2v) is 3.55. The molecule has 6 heteroatoms. The molecule has 0 saturated heterocycles. The third-order valence-electron chi connectivity index (χ3n) is 2.23. The predicted octanol–water partition coefficient (Wildman–Crippen LogP) is 1.61. The highest BCUT2D eigenvalue weighted by molar-refractivity contribution is 6.02. The minimum absolute atomic E-state index is 0.166. The van der Waals surface area contributed by atoms with Gasteiger partial charge in [-0.05, 0) is 12.1 Å². The molecule has 0 aliphatic carbocycles. The summed E-state index contributed by atoms with van der Waals surface area (Å²) in [5, 5.41) is 21.4. The predicted molar refractivity (Wildman–Crippen MR) is 67.9 cm³/mol. The smallest absolute Gasteiger partial charge is 0.352 e. The minimum atomic E-state index is -0.947. The number of anilines is 1. The highest BCUT2D eigenvalue weighted by Crippen LogP contribution is 2.24. The first-order valence-electron chi connectivity index (χ1n) is 5.30. The van der Waals surface area contributed by atoms with E-state index in [1.807, 2.05) is 0 Å². The number of hydrogen-bond acceptors (Lipinski definition) is 5. The minimum Gasteiger partial charge on any atom is -0.506 e. The molecule has 1 aromatic carbocycles. The number of para-hydroxylation sites is 1. The third kappa shape index (κ3) is 3.33. The number of amides is 1. The van der Waals surface area contributed by atoms with Crippen molar-refractivity contribution in [2.45, 2.75) is 6.92 Å². The molecule has 0 heterocycles. The number of rotatable bonds is 3. The largest absolute Gasteiger partial charge is 0.506 e. The summed E-state index contributed by atoms with van der Waals surface area (Å²) in [6.45, 7) is 1.31. The van der Waals surface area contributed by atoms with E-state index in [9.17, 15) is 14.7 Å². The Bertz CT molecular complexity index is 585. The van der Waals surface area contributed by atoms with Crippen molar-refractivity contribution in [1.29, 1.82) is 5.26 Å². The summed E-state index contributed by atoms with van der Waals surface area (Å²) in [4.78, 5) is 22.4. The van der Waals surface area contributed by atoms with E-state index >= 15 is 0 Å². The number of nitrogens with zero attached hydrogens (tertiary/aromatic N) is 1. The quantitative estimate of drug-likeness (QED) is 0.372. The summed E-state index contributed by atoms with van der Waals surface area (Å²) >= 11 is 0. The van der Waals surface area contributed by atoms with Gasteiger partial charge in [0.05, 0.1) is 12.8 Å². The van der Waals surface area contributed by atoms with E-state index in [0.717, 1.165) is 7.11 Å². The summed E-state index contributed by atoms with van der Waals surface area (Å²) in [5.41, 5.74) is -0.0656. The van der Waals surface area contributed by atoms with Crippen LogP contribution in [0.4, 0.5) is 5.69 Å². The van der Waals surface area contributed by atoms with Crippen LogP contribution in [0.1, 0.15) is 12.5 Å². The topological polar surface area (TPSA) is 99.4 Å². The van der Waals surface area contributed by atoms with Crippen molar-refractivity contribution in [2.75, 3.05) is 12.4 Å². The lowest BCUT2D eigenvalue weighted by molar-refractivity contribution is -0.135. The second kappa shape index (κ2) is 6.21. The third-order valence-corrected chi connectivity index (χ3v) is 2.23. The van der Waals surface area contributed by atoms with E-state index < -0.39 is 17.3 Å². The SMILES string of the molecule is COC(=O)/C(C#N)=C(/O)c1ccccc1NC(C)=O. The van der Waals surface area contributed by atoms with Crippen LogP contribution in [0.2, 0.25) is 0 Å². The van der Waals surface area contributed by atoms with E-state index in [2.05, 4.69) is 10.1 Å². The van der Waals surface area contributed by atoms with Crippen LogP contribution >= 0.6 is 0 Å². The van der Waals surface area contributed by atoms with Gasteiger partial charge in [0.15, 0.2) is 5.57 Å². The molecule has 0 unspecified atom stereocenters. The number of aliphatic hydroxyl groups excluding tert-OH is 1. The Morgan fingerprint density at radius 1 is 1.37 bits per heavy atom. The number of carbonyl (C=O) groups is 2. The van der Waals surface area contributed by atoms with E-state index in [1.54, 1.807) is 24.3 Å². The molecule has 1 aromatic rings. The van der Waals surface area contributed by atoms with Crippen molar-refractivity contribution in [3.05, 3.63) is 35.4 Å². The van der Waals surface area contributed by atoms with Crippen LogP contribution in [-0.4, -0.2) is 24.1 Å². The number of esters is 1. The van der Waals surface area contributed by atoms with Crippen molar-refractivity contribution >= 4 is 23.3 Å². The molecular weight excluding hydrogens is 248 g/mol. The van der Waals surface area contributed by atoms with Crippen LogP contribution in [0.25, 0.3) is 5.76 Å². The van der Waals surface area contributed by atoms with Crippen LogP contribution < -0.4 is 5.32 Å².